The molecule has 1 fully saturated rings. The lowest BCUT2D eigenvalue weighted by atomic mass is 10.3. The molecular weight excluding hydrogens is 330 g/mol. The zero-order valence-corrected chi connectivity index (χ0v) is 14.2. The van der Waals surface area contributed by atoms with Gasteiger partial charge in [-0.1, -0.05) is 0 Å². The Bertz CT molecular complexity index is 862. The van der Waals surface area contributed by atoms with Crippen LogP contribution in [0.5, 0.6) is 11.5 Å². The van der Waals surface area contributed by atoms with Crippen molar-refractivity contribution < 1.29 is 17.9 Å². The number of fused-ring (bicyclic) bond motifs is 1. The Morgan fingerprint density at radius 2 is 2.00 bits per heavy atom. The first-order valence-electron chi connectivity index (χ1n) is 7.94. The molecule has 1 unspecified atom stereocenters. The first-order valence-corrected chi connectivity index (χ1v) is 9.38. The van der Waals surface area contributed by atoms with Crippen LogP contribution in [0.25, 0.3) is 0 Å². The molecule has 0 saturated carbocycles. The second-order valence-corrected chi connectivity index (χ2v) is 8.05. The van der Waals surface area contributed by atoms with Crippen molar-refractivity contribution in [2.24, 2.45) is 0 Å². The molecule has 0 spiro atoms. The van der Waals surface area contributed by atoms with Crippen molar-refractivity contribution in [3.63, 3.8) is 0 Å². The van der Waals surface area contributed by atoms with Crippen LogP contribution in [0.15, 0.2) is 35.5 Å². The van der Waals surface area contributed by atoms with Gasteiger partial charge in [0.2, 0.25) is 10.0 Å². The van der Waals surface area contributed by atoms with E-state index in [2.05, 4.69) is 5.10 Å². The van der Waals surface area contributed by atoms with E-state index in [0.717, 1.165) is 12.0 Å². The monoisotopic (exact) mass is 349 g/mol. The summed E-state index contributed by atoms with van der Waals surface area (Å²) in [7, 11) is -3.55. The number of hydrogen-bond donors (Lipinski definition) is 0. The molecular formula is C16H19N3O4S. The maximum Gasteiger partial charge on any atom is 0.243 e. The van der Waals surface area contributed by atoms with Crippen LogP contribution in [-0.2, 0) is 10.0 Å². The summed E-state index contributed by atoms with van der Waals surface area (Å²) in [5.41, 5.74) is 1.07. The molecule has 128 valence electrons. The molecule has 24 heavy (non-hydrogen) atoms. The number of aromatic nitrogens is 2. The lowest BCUT2D eigenvalue weighted by molar-refractivity contribution is 0.171. The molecule has 1 aromatic carbocycles. The van der Waals surface area contributed by atoms with Crippen molar-refractivity contribution in [1.29, 1.82) is 0 Å². The first-order chi connectivity index (χ1) is 11.5. The Hall–Kier alpha value is -2.06. The number of benzene rings is 1. The van der Waals surface area contributed by atoms with Crippen LogP contribution < -0.4 is 9.47 Å². The van der Waals surface area contributed by atoms with Gasteiger partial charge in [0.05, 0.1) is 17.1 Å². The molecule has 0 radical (unpaired) electrons. The molecule has 8 heteroatoms. The van der Waals surface area contributed by atoms with Crippen molar-refractivity contribution in [2.75, 3.05) is 26.3 Å². The third-order valence-corrected chi connectivity index (χ3v) is 6.24. The minimum Gasteiger partial charge on any atom is -0.486 e. The van der Waals surface area contributed by atoms with Crippen molar-refractivity contribution in [3.8, 4) is 11.5 Å². The molecule has 0 amide bonds. The highest BCUT2D eigenvalue weighted by molar-refractivity contribution is 7.89. The standard InChI is InChI=1S/C16H19N3O4S/c1-12-9-17-19(10-12)13-4-5-18(11-13)24(20,21)14-2-3-15-16(8-14)23-7-6-22-15/h2-3,8-10,13H,4-7,11H2,1H3. The summed E-state index contributed by atoms with van der Waals surface area (Å²) in [6, 6.07) is 4.86. The Morgan fingerprint density at radius 1 is 1.21 bits per heavy atom. The highest BCUT2D eigenvalue weighted by Gasteiger charge is 2.34. The molecule has 4 rings (SSSR count). The summed E-state index contributed by atoms with van der Waals surface area (Å²) in [6.45, 7) is 3.80. The number of sulfonamides is 1. The number of hydrogen-bond acceptors (Lipinski definition) is 5. The van der Waals surface area contributed by atoms with Crippen LogP contribution >= 0.6 is 0 Å². The van der Waals surface area contributed by atoms with Gasteiger partial charge in [0, 0.05) is 25.4 Å². The van der Waals surface area contributed by atoms with E-state index in [9.17, 15) is 8.42 Å². The fourth-order valence-electron chi connectivity index (χ4n) is 3.11. The zero-order chi connectivity index (χ0) is 16.7. The average molecular weight is 349 g/mol. The Morgan fingerprint density at radius 3 is 2.75 bits per heavy atom. The molecule has 1 atom stereocenters. The fourth-order valence-corrected chi connectivity index (χ4v) is 4.62. The Labute approximate surface area is 140 Å². The lowest BCUT2D eigenvalue weighted by Gasteiger charge is -2.21. The largest absolute Gasteiger partial charge is 0.486 e. The van der Waals surface area contributed by atoms with Gasteiger partial charge in [-0.25, -0.2) is 8.42 Å². The minimum atomic E-state index is -3.55. The molecule has 1 saturated heterocycles. The van der Waals surface area contributed by atoms with E-state index in [0.29, 0.717) is 37.8 Å². The van der Waals surface area contributed by atoms with Crippen LogP contribution in [0.3, 0.4) is 0 Å². The van der Waals surface area contributed by atoms with E-state index in [4.69, 9.17) is 9.47 Å². The highest BCUT2D eigenvalue weighted by Crippen LogP contribution is 2.34. The van der Waals surface area contributed by atoms with E-state index in [1.54, 1.807) is 24.4 Å². The van der Waals surface area contributed by atoms with Crippen molar-refractivity contribution in [2.45, 2.75) is 24.3 Å². The van der Waals surface area contributed by atoms with Gasteiger partial charge >= 0.3 is 0 Å². The third kappa shape index (κ3) is 2.65. The van der Waals surface area contributed by atoms with Gasteiger partial charge in [0.25, 0.3) is 0 Å². The van der Waals surface area contributed by atoms with Crippen LogP contribution in [-0.4, -0.2) is 48.8 Å². The lowest BCUT2D eigenvalue weighted by Crippen LogP contribution is -2.29. The van der Waals surface area contributed by atoms with Crippen LogP contribution in [0.2, 0.25) is 0 Å². The summed E-state index contributed by atoms with van der Waals surface area (Å²) >= 11 is 0. The van der Waals surface area contributed by atoms with Gasteiger partial charge in [0.15, 0.2) is 11.5 Å². The highest BCUT2D eigenvalue weighted by atomic mass is 32.2. The normalized spacial score (nSPS) is 21.1. The maximum atomic E-state index is 12.9. The Kier molecular flexibility index (Phi) is 3.73. The first kappa shape index (κ1) is 15.5. The fraction of sp³-hybridized carbons (Fsp3) is 0.438. The zero-order valence-electron chi connectivity index (χ0n) is 13.4. The summed E-state index contributed by atoms with van der Waals surface area (Å²) in [5, 5.41) is 4.30. The molecule has 3 heterocycles. The van der Waals surface area contributed by atoms with E-state index in [1.807, 2.05) is 17.8 Å². The number of rotatable bonds is 3. The SMILES string of the molecule is Cc1cnn(C2CCN(S(=O)(=O)c3ccc4c(c3)OCCO4)C2)c1. The van der Waals surface area contributed by atoms with Gasteiger partial charge in [0.1, 0.15) is 13.2 Å². The smallest absolute Gasteiger partial charge is 0.243 e. The summed E-state index contributed by atoms with van der Waals surface area (Å²) < 4.78 is 40.1. The van der Waals surface area contributed by atoms with Gasteiger partial charge in [-0.2, -0.15) is 9.40 Å². The molecule has 0 aliphatic carbocycles. The van der Waals surface area contributed by atoms with Crippen LogP contribution in [0.4, 0.5) is 0 Å². The van der Waals surface area contributed by atoms with Crippen molar-refractivity contribution in [1.82, 2.24) is 14.1 Å². The van der Waals surface area contributed by atoms with Gasteiger partial charge in [-0.05, 0) is 31.0 Å². The van der Waals surface area contributed by atoms with Crippen LogP contribution in [0, 0.1) is 6.92 Å². The van der Waals surface area contributed by atoms with Crippen molar-refractivity contribution >= 4 is 10.0 Å². The summed E-state index contributed by atoms with van der Waals surface area (Å²) in [5.74, 6) is 1.08. The molecule has 0 bridgehead atoms. The van der Waals surface area contributed by atoms with Crippen molar-refractivity contribution in [3.05, 3.63) is 36.2 Å². The molecule has 0 N–H and O–H groups in total. The van der Waals surface area contributed by atoms with Gasteiger partial charge < -0.3 is 9.47 Å². The molecule has 7 nitrogen and oxygen atoms in total. The second kappa shape index (κ2) is 5.78. The third-order valence-electron chi connectivity index (χ3n) is 4.38. The molecule has 2 aliphatic heterocycles. The Balaban J connectivity index is 1.57. The molecule has 2 aliphatic rings. The van der Waals surface area contributed by atoms with E-state index in [1.165, 1.54) is 4.31 Å². The molecule has 1 aromatic heterocycles. The number of ether oxygens (including phenoxy) is 2. The molecule has 2 aromatic rings. The number of nitrogens with zero attached hydrogens (tertiary/aromatic N) is 3. The van der Waals surface area contributed by atoms with E-state index < -0.39 is 10.0 Å². The van der Waals surface area contributed by atoms with Gasteiger partial charge in [-0.15, -0.1) is 0 Å². The van der Waals surface area contributed by atoms with E-state index in [-0.39, 0.29) is 10.9 Å². The summed E-state index contributed by atoms with van der Waals surface area (Å²) in [6.07, 6.45) is 4.49. The predicted molar refractivity (Wildman–Crippen MR) is 86.8 cm³/mol. The average Bonchev–Trinajstić information content (AvgIpc) is 3.23. The summed E-state index contributed by atoms with van der Waals surface area (Å²) in [4.78, 5) is 0.240. The second-order valence-electron chi connectivity index (χ2n) is 6.11. The number of aryl methyl sites for hydroxylation is 1. The minimum absolute atomic E-state index is 0.0747. The predicted octanol–water partition coefficient (Wildman–Crippen LogP) is 1.60. The maximum absolute atomic E-state index is 12.9. The van der Waals surface area contributed by atoms with Gasteiger partial charge in [-0.3, -0.25) is 4.68 Å². The quantitative estimate of drug-likeness (QED) is 0.841. The van der Waals surface area contributed by atoms with Crippen LogP contribution in [0.1, 0.15) is 18.0 Å². The van der Waals surface area contributed by atoms with E-state index >= 15 is 0 Å². The topological polar surface area (TPSA) is 73.7 Å².